The van der Waals surface area contributed by atoms with E-state index in [-0.39, 0.29) is 5.54 Å². The van der Waals surface area contributed by atoms with Crippen LogP contribution in [0.15, 0.2) is 18.2 Å². The Morgan fingerprint density at radius 2 is 2.07 bits per heavy atom. The van der Waals surface area contributed by atoms with Crippen molar-refractivity contribution in [3.63, 3.8) is 0 Å². The second kappa shape index (κ2) is 3.39. The molecular formula is C13H19N. The molecule has 2 N–H and O–H groups in total. The van der Waals surface area contributed by atoms with Gasteiger partial charge >= 0.3 is 0 Å². The maximum atomic E-state index is 6.27. The molecule has 1 aromatic rings. The lowest BCUT2D eigenvalue weighted by Gasteiger charge is -2.15. The van der Waals surface area contributed by atoms with Gasteiger partial charge in [-0.25, -0.2) is 0 Å². The van der Waals surface area contributed by atoms with Crippen molar-refractivity contribution < 1.29 is 0 Å². The molecule has 1 heteroatoms. The predicted molar refractivity (Wildman–Crippen MR) is 60.3 cm³/mol. The molecule has 1 aliphatic carbocycles. The van der Waals surface area contributed by atoms with Crippen LogP contribution in [0.2, 0.25) is 0 Å². The number of hydrogen-bond acceptors (Lipinski definition) is 1. The van der Waals surface area contributed by atoms with Gasteiger partial charge in [-0.1, -0.05) is 37.1 Å². The van der Waals surface area contributed by atoms with Crippen molar-refractivity contribution in [2.45, 2.75) is 45.1 Å². The van der Waals surface area contributed by atoms with Gasteiger partial charge in [0.1, 0.15) is 0 Å². The summed E-state index contributed by atoms with van der Waals surface area (Å²) in [5.74, 6) is 0. The minimum atomic E-state index is 0.0243. The van der Waals surface area contributed by atoms with Crippen molar-refractivity contribution in [3.05, 3.63) is 34.9 Å². The van der Waals surface area contributed by atoms with Crippen LogP contribution in [-0.4, -0.2) is 0 Å². The number of aryl methyl sites for hydroxylation is 2. The van der Waals surface area contributed by atoms with Gasteiger partial charge in [-0.3, -0.25) is 0 Å². The second-order valence-electron chi connectivity index (χ2n) is 4.57. The topological polar surface area (TPSA) is 26.0 Å². The highest BCUT2D eigenvalue weighted by Gasteiger charge is 2.41. The summed E-state index contributed by atoms with van der Waals surface area (Å²) in [5, 5.41) is 0. The first kappa shape index (κ1) is 9.72. The largest absolute Gasteiger partial charge is 0.321 e. The fraction of sp³-hybridized carbons (Fsp3) is 0.538. The third kappa shape index (κ3) is 1.69. The van der Waals surface area contributed by atoms with Crippen LogP contribution < -0.4 is 5.73 Å². The lowest BCUT2D eigenvalue weighted by Crippen LogP contribution is -2.20. The van der Waals surface area contributed by atoms with Crippen LogP contribution in [0, 0.1) is 6.92 Å². The molecule has 0 radical (unpaired) electrons. The van der Waals surface area contributed by atoms with Crippen LogP contribution in [0.4, 0.5) is 0 Å². The Bertz CT molecular complexity index is 337. The smallest absolute Gasteiger partial charge is 0.0414 e. The van der Waals surface area contributed by atoms with Crippen molar-refractivity contribution in [2.24, 2.45) is 5.73 Å². The Morgan fingerprint density at radius 3 is 2.64 bits per heavy atom. The van der Waals surface area contributed by atoms with Crippen molar-refractivity contribution >= 4 is 0 Å². The van der Waals surface area contributed by atoms with Crippen LogP contribution in [-0.2, 0) is 12.0 Å². The molecule has 0 atom stereocenters. The zero-order chi connectivity index (χ0) is 10.2. The Kier molecular flexibility index (Phi) is 2.36. The maximum absolute atomic E-state index is 6.27. The van der Waals surface area contributed by atoms with Crippen LogP contribution in [0.25, 0.3) is 0 Å². The zero-order valence-electron chi connectivity index (χ0n) is 9.14. The van der Waals surface area contributed by atoms with Gasteiger partial charge in [-0.2, -0.15) is 0 Å². The van der Waals surface area contributed by atoms with Gasteiger partial charge in [0, 0.05) is 5.54 Å². The van der Waals surface area contributed by atoms with E-state index in [1.807, 2.05) is 0 Å². The molecule has 0 heterocycles. The van der Waals surface area contributed by atoms with Crippen LogP contribution in [0.1, 0.15) is 42.9 Å². The van der Waals surface area contributed by atoms with Crippen molar-refractivity contribution in [1.29, 1.82) is 0 Å². The van der Waals surface area contributed by atoms with Gasteiger partial charge in [0.15, 0.2) is 0 Å². The summed E-state index contributed by atoms with van der Waals surface area (Å²) in [5.41, 5.74) is 10.5. The standard InChI is InChI=1S/C13H19N/c1-3-4-11-6-5-10(2)9-12(11)13(14)7-8-13/h5-6,9H,3-4,7-8,14H2,1-2H3. The van der Waals surface area contributed by atoms with Gasteiger partial charge in [0.05, 0.1) is 0 Å². The molecule has 14 heavy (non-hydrogen) atoms. The van der Waals surface area contributed by atoms with Gasteiger partial charge in [0.2, 0.25) is 0 Å². The average molecular weight is 189 g/mol. The first-order valence-corrected chi connectivity index (χ1v) is 5.54. The molecule has 0 spiro atoms. The normalized spacial score (nSPS) is 18.2. The Balaban J connectivity index is 2.38. The summed E-state index contributed by atoms with van der Waals surface area (Å²) in [6, 6.07) is 6.72. The third-order valence-corrected chi connectivity index (χ3v) is 3.11. The molecule has 2 rings (SSSR count). The van der Waals surface area contributed by atoms with E-state index >= 15 is 0 Å². The maximum Gasteiger partial charge on any atom is 0.0414 e. The van der Waals surface area contributed by atoms with Crippen LogP contribution >= 0.6 is 0 Å². The van der Waals surface area contributed by atoms with Gasteiger partial charge < -0.3 is 5.73 Å². The summed E-state index contributed by atoms with van der Waals surface area (Å²) in [7, 11) is 0. The molecule has 0 bridgehead atoms. The van der Waals surface area contributed by atoms with E-state index in [0.29, 0.717) is 0 Å². The molecular weight excluding hydrogens is 170 g/mol. The van der Waals surface area contributed by atoms with Crippen LogP contribution in [0.5, 0.6) is 0 Å². The Labute approximate surface area is 86.3 Å². The Morgan fingerprint density at radius 1 is 1.36 bits per heavy atom. The minimum absolute atomic E-state index is 0.0243. The highest BCUT2D eigenvalue weighted by molar-refractivity contribution is 5.40. The van der Waals surface area contributed by atoms with E-state index < -0.39 is 0 Å². The molecule has 0 saturated heterocycles. The number of hydrogen-bond donors (Lipinski definition) is 1. The fourth-order valence-electron chi connectivity index (χ4n) is 2.05. The molecule has 0 amide bonds. The molecule has 0 aromatic heterocycles. The van der Waals surface area contributed by atoms with Gasteiger partial charge in [-0.05, 0) is 37.3 Å². The van der Waals surface area contributed by atoms with E-state index in [1.165, 1.54) is 23.1 Å². The summed E-state index contributed by atoms with van der Waals surface area (Å²) < 4.78 is 0. The lowest BCUT2D eigenvalue weighted by atomic mass is 9.94. The molecule has 0 aliphatic heterocycles. The van der Waals surface area contributed by atoms with Gasteiger partial charge in [-0.15, -0.1) is 0 Å². The number of rotatable bonds is 3. The zero-order valence-corrected chi connectivity index (χ0v) is 9.14. The van der Waals surface area contributed by atoms with Crippen molar-refractivity contribution in [1.82, 2.24) is 0 Å². The van der Waals surface area contributed by atoms with Gasteiger partial charge in [0.25, 0.3) is 0 Å². The predicted octanol–water partition coefficient (Wildman–Crippen LogP) is 2.90. The van der Waals surface area contributed by atoms with Crippen LogP contribution in [0.3, 0.4) is 0 Å². The fourth-order valence-corrected chi connectivity index (χ4v) is 2.05. The minimum Gasteiger partial charge on any atom is -0.321 e. The van der Waals surface area contributed by atoms with Crippen molar-refractivity contribution in [2.75, 3.05) is 0 Å². The van der Waals surface area contributed by atoms with E-state index in [9.17, 15) is 0 Å². The monoisotopic (exact) mass is 189 g/mol. The third-order valence-electron chi connectivity index (χ3n) is 3.11. The molecule has 1 nitrogen and oxygen atoms in total. The SMILES string of the molecule is CCCc1ccc(C)cc1C1(N)CC1. The lowest BCUT2D eigenvalue weighted by molar-refractivity contribution is 0.719. The van der Waals surface area contributed by atoms with E-state index in [0.717, 1.165) is 19.3 Å². The number of benzene rings is 1. The van der Waals surface area contributed by atoms with Crippen molar-refractivity contribution in [3.8, 4) is 0 Å². The van der Waals surface area contributed by atoms with E-state index in [4.69, 9.17) is 5.73 Å². The first-order valence-electron chi connectivity index (χ1n) is 5.54. The Hall–Kier alpha value is -0.820. The molecule has 1 aliphatic rings. The molecule has 76 valence electrons. The average Bonchev–Trinajstić information content (AvgIpc) is 2.89. The molecule has 0 unspecified atom stereocenters. The molecule has 1 aromatic carbocycles. The summed E-state index contributed by atoms with van der Waals surface area (Å²) in [4.78, 5) is 0. The first-order chi connectivity index (χ1) is 6.65. The molecule has 1 fully saturated rings. The number of nitrogens with two attached hydrogens (primary N) is 1. The molecule has 1 saturated carbocycles. The summed E-state index contributed by atoms with van der Waals surface area (Å²) >= 11 is 0. The second-order valence-corrected chi connectivity index (χ2v) is 4.57. The summed E-state index contributed by atoms with van der Waals surface area (Å²) in [6.07, 6.45) is 4.68. The highest BCUT2D eigenvalue weighted by Crippen LogP contribution is 2.44. The quantitative estimate of drug-likeness (QED) is 0.777. The summed E-state index contributed by atoms with van der Waals surface area (Å²) in [6.45, 7) is 4.37. The van der Waals surface area contributed by atoms with E-state index in [1.54, 1.807) is 0 Å². The van der Waals surface area contributed by atoms with E-state index in [2.05, 4.69) is 32.0 Å². The highest BCUT2D eigenvalue weighted by atomic mass is 14.8.